The van der Waals surface area contributed by atoms with Gasteiger partial charge >= 0.3 is 0 Å². The first-order valence-electron chi connectivity index (χ1n) is 6.68. The van der Waals surface area contributed by atoms with Crippen molar-refractivity contribution >= 4 is 11.3 Å². The van der Waals surface area contributed by atoms with Crippen molar-refractivity contribution in [3.8, 4) is 0 Å². The van der Waals surface area contributed by atoms with Gasteiger partial charge < -0.3 is 0 Å². The molecule has 2 saturated heterocycles. The van der Waals surface area contributed by atoms with Crippen LogP contribution in [0.25, 0.3) is 0 Å². The highest BCUT2D eigenvalue weighted by molar-refractivity contribution is 7.77. The summed E-state index contributed by atoms with van der Waals surface area (Å²) in [5, 5.41) is 1.91. The van der Waals surface area contributed by atoms with E-state index in [-0.39, 0.29) is 5.54 Å². The summed E-state index contributed by atoms with van der Waals surface area (Å²) in [7, 11) is 0. The molecule has 2 heterocycles. The molecule has 5 nitrogen and oxygen atoms in total. The lowest BCUT2D eigenvalue weighted by Crippen LogP contribution is -2.50. The van der Waals surface area contributed by atoms with E-state index < -0.39 is 11.3 Å². The standard InChI is InChI=1S/C12H25N3O2S/c1-11(2,3)14-7-4-12(5-8-14)6-9-15(10-12)13-18(16)17/h13H,4-10H2,1-3H3,(H,16,17). The number of hydrogen-bond donors (Lipinski definition) is 2. The average molecular weight is 275 g/mol. The fourth-order valence-corrected chi connectivity index (χ4v) is 3.56. The molecule has 6 heteroatoms. The van der Waals surface area contributed by atoms with Gasteiger partial charge in [-0.1, -0.05) is 0 Å². The Hall–Kier alpha value is -0.0100. The summed E-state index contributed by atoms with van der Waals surface area (Å²) in [6.45, 7) is 10.9. The van der Waals surface area contributed by atoms with Crippen LogP contribution in [-0.4, -0.2) is 50.4 Å². The largest absolute Gasteiger partial charge is 0.298 e. The molecule has 0 aromatic heterocycles. The first kappa shape index (κ1) is 14.4. The monoisotopic (exact) mass is 275 g/mol. The van der Waals surface area contributed by atoms with E-state index in [4.69, 9.17) is 4.55 Å². The second kappa shape index (κ2) is 5.17. The van der Waals surface area contributed by atoms with Gasteiger partial charge in [0, 0.05) is 18.6 Å². The van der Waals surface area contributed by atoms with Gasteiger partial charge in [-0.15, -0.1) is 4.83 Å². The molecule has 2 aliphatic heterocycles. The molecule has 0 aromatic rings. The molecular formula is C12H25N3O2S. The van der Waals surface area contributed by atoms with Crippen LogP contribution in [0, 0.1) is 5.41 Å². The van der Waals surface area contributed by atoms with E-state index in [0.29, 0.717) is 5.41 Å². The molecule has 0 aromatic carbocycles. The number of hydrogen-bond acceptors (Lipinski definition) is 3. The van der Waals surface area contributed by atoms with Crippen LogP contribution in [0.2, 0.25) is 0 Å². The Balaban J connectivity index is 1.88. The maximum absolute atomic E-state index is 10.8. The minimum atomic E-state index is -1.93. The predicted octanol–water partition coefficient (Wildman–Crippen LogP) is 1.21. The Bertz CT molecular complexity index is 322. The highest BCUT2D eigenvalue weighted by atomic mass is 32.2. The van der Waals surface area contributed by atoms with Crippen LogP contribution in [0.15, 0.2) is 0 Å². The fourth-order valence-electron chi connectivity index (χ4n) is 3.18. The van der Waals surface area contributed by atoms with Gasteiger partial charge in [0.15, 0.2) is 0 Å². The van der Waals surface area contributed by atoms with Crippen LogP contribution >= 0.6 is 0 Å². The van der Waals surface area contributed by atoms with E-state index in [1.807, 2.05) is 5.01 Å². The first-order valence-corrected chi connectivity index (χ1v) is 7.79. The van der Waals surface area contributed by atoms with Crippen molar-refractivity contribution in [2.24, 2.45) is 5.41 Å². The lowest BCUT2D eigenvalue weighted by molar-refractivity contribution is 0.0451. The molecule has 1 unspecified atom stereocenters. The molecule has 0 amide bonds. The number of hydrazine groups is 1. The number of nitrogens with zero attached hydrogens (tertiary/aromatic N) is 2. The van der Waals surface area contributed by atoms with Crippen LogP contribution in [0.4, 0.5) is 0 Å². The van der Waals surface area contributed by atoms with Gasteiger partial charge in [0.2, 0.25) is 11.3 Å². The van der Waals surface area contributed by atoms with Gasteiger partial charge in [-0.05, 0) is 58.5 Å². The van der Waals surface area contributed by atoms with Crippen LogP contribution in [0.3, 0.4) is 0 Å². The zero-order chi connectivity index (χ0) is 13.4. The minimum Gasteiger partial charge on any atom is -0.298 e. The second-order valence-electron chi connectivity index (χ2n) is 6.67. The predicted molar refractivity (Wildman–Crippen MR) is 73.1 cm³/mol. The van der Waals surface area contributed by atoms with E-state index in [2.05, 4.69) is 30.5 Å². The minimum absolute atomic E-state index is 0.255. The van der Waals surface area contributed by atoms with Crippen LogP contribution in [-0.2, 0) is 11.3 Å². The third kappa shape index (κ3) is 3.30. The molecular weight excluding hydrogens is 250 g/mol. The molecule has 0 bridgehead atoms. The van der Waals surface area contributed by atoms with Gasteiger partial charge in [-0.2, -0.15) is 0 Å². The van der Waals surface area contributed by atoms with Crippen molar-refractivity contribution in [2.45, 2.75) is 45.6 Å². The van der Waals surface area contributed by atoms with Crippen LogP contribution < -0.4 is 4.83 Å². The molecule has 0 aliphatic carbocycles. The molecule has 1 atom stereocenters. The number of likely N-dealkylation sites (tertiary alicyclic amines) is 1. The van der Waals surface area contributed by atoms with Crippen molar-refractivity contribution in [3.05, 3.63) is 0 Å². The number of rotatable bonds is 2. The summed E-state index contributed by atoms with van der Waals surface area (Å²) in [6.07, 6.45) is 3.52. The molecule has 1 spiro atoms. The highest BCUT2D eigenvalue weighted by Crippen LogP contribution is 2.41. The van der Waals surface area contributed by atoms with Crippen LogP contribution in [0.5, 0.6) is 0 Å². The summed E-state index contributed by atoms with van der Waals surface area (Å²) >= 11 is -1.93. The maximum atomic E-state index is 10.8. The van der Waals surface area contributed by atoms with Gasteiger partial charge in [-0.3, -0.25) is 9.45 Å². The average Bonchev–Trinajstić information content (AvgIpc) is 2.60. The van der Waals surface area contributed by atoms with Crippen molar-refractivity contribution < 1.29 is 8.76 Å². The van der Waals surface area contributed by atoms with Crippen LogP contribution in [0.1, 0.15) is 40.0 Å². The topological polar surface area (TPSA) is 55.8 Å². The molecule has 0 radical (unpaired) electrons. The Labute approximate surface area is 112 Å². The normalized spacial score (nSPS) is 27.8. The fraction of sp³-hybridized carbons (Fsp3) is 1.00. The third-order valence-electron chi connectivity index (χ3n) is 4.42. The summed E-state index contributed by atoms with van der Waals surface area (Å²) < 4.78 is 19.6. The quantitative estimate of drug-likeness (QED) is 0.744. The summed E-state index contributed by atoms with van der Waals surface area (Å²) in [5.74, 6) is 0. The Morgan fingerprint density at radius 1 is 1.17 bits per heavy atom. The van der Waals surface area contributed by atoms with Crippen molar-refractivity contribution in [1.82, 2.24) is 14.7 Å². The molecule has 2 fully saturated rings. The lowest BCUT2D eigenvalue weighted by Gasteiger charge is -2.45. The maximum Gasteiger partial charge on any atom is 0.246 e. The van der Waals surface area contributed by atoms with Crippen molar-refractivity contribution in [2.75, 3.05) is 26.2 Å². The van der Waals surface area contributed by atoms with Gasteiger partial charge in [0.05, 0.1) is 0 Å². The number of nitrogens with one attached hydrogen (secondary N) is 1. The Kier molecular flexibility index (Phi) is 4.14. The van der Waals surface area contributed by atoms with E-state index >= 15 is 0 Å². The van der Waals surface area contributed by atoms with Gasteiger partial charge in [0.1, 0.15) is 0 Å². The van der Waals surface area contributed by atoms with Gasteiger partial charge in [-0.25, -0.2) is 9.22 Å². The summed E-state index contributed by atoms with van der Waals surface area (Å²) in [4.78, 5) is 5.14. The molecule has 18 heavy (non-hydrogen) atoms. The number of piperidine rings is 1. The third-order valence-corrected chi connectivity index (χ3v) is 4.83. The van der Waals surface area contributed by atoms with Crippen molar-refractivity contribution in [3.63, 3.8) is 0 Å². The zero-order valence-electron chi connectivity index (χ0n) is 11.6. The smallest absolute Gasteiger partial charge is 0.246 e. The highest BCUT2D eigenvalue weighted by Gasteiger charge is 2.42. The molecule has 2 aliphatic rings. The molecule has 106 valence electrons. The van der Waals surface area contributed by atoms with Crippen molar-refractivity contribution in [1.29, 1.82) is 0 Å². The Morgan fingerprint density at radius 2 is 1.72 bits per heavy atom. The van der Waals surface area contributed by atoms with Gasteiger partial charge in [0.25, 0.3) is 0 Å². The van der Waals surface area contributed by atoms with E-state index in [0.717, 1.165) is 32.6 Å². The molecule has 2 rings (SSSR count). The summed E-state index contributed by atoms with van der Waals surface area (Å²) in [6, 6.07) is 0. The van der Waals surface area contributed by atoms with E-state index in [1.54, 1.807) is 0 Å². The van der Waals surface area contributed by atoms with E-state index in [9.17, 15) is 4.21 Å². The molecule has 0 saturated carbocycles. The lowest BCUT2D eigenvalue weighted by atomic mass is 9.77. The Morgan fingerprint density at radius 3 is 2.22 bits per heavy atom. The second-order valence-corrected chi connectivity index (χ2v) is 7.35. The SMILES string of the molecule is CC(C)(C)N1CCC2(CCN(NS(=O)O)C2)CC1. The summed E-state index contributed by atoms with van der Waals surface area (Å²) in [5.41, 5.74) is 0.610. The first-order chi connectivity index (χ1) is 8.31. The molecule has 2 N–H and O–H groups in total. The zero-order valence-corrected chi connectivity index (χ0v) is 12.4. The van der Waals surface area contributed by atoms with E-state index in [1.165, 1.54) is 12.8 Å².